The lowest BCUT2D eigenvalue weighted by molar-refractivity contribution is 0.478. The van der Waals surface area contributed by atoms with Gasteiger partial charge in [0.15, 0.2) is 0 Å². The molecule has 146 valence electrons. The highest BCUT2D eigenvalue weighted by molar-refractivity contribution is 7.89. The lowest BCUT2D eigenvalue weighted by atomic mass is 10.2. The van der Waals surface area contributed by atoms with Crippen LogP contribution in [-0.4, -0.2) is 54.6 Å². The van der Waals surface area contributed by atoms with Gasteiger partial charge in [0.25, 0.3) is 0 Å². The molecule has 7 nitrogen and oxygen atoms in total. The van der Waals surface area contributed by atoms with E-state index in [1.54, 1.807) is 4.31 Å². The Bertz CT molecular complexity index is 813. The fourth-order valence-corrected chi connectivity index (χ4v) is 4.33. The number of nitrogens with zero attached hydrogens (tertiary/aromatic N) is 3. The fourth-order valence-electron chi connectivity index (χ4n) is 2.89. The largest absolute Gasteiger partial charge is 0.368 e. The van der Waals surface area contributed by atoms with Crippen molar-refractivity contribution >= 4 is 51.6 Å². The first-order chi connectivity index (χ1) is 11.6. The Balaban J connectivity index is 0.00000169. The summed E-state index contributed by atoms with van der Waals surface area (Å²) in [5.74, 6) is 1.40. The number of rotatable bonds is 7. The molecule has 0 saturated carbocycles. The van der Waals surface area contributed by atoms with Gasteiger partial charge in [-0.05, 0) is 31.5 Å². The first kappa shape index (κ1) is 22.9. The standard InChI is InChI=1S/C16H23N5O2S.2ClH/c17-8-7-15-19-14-6-2-1-5-13(14)16(20-15)18-9-12-24(22,23)21-10-3-4-11-21;;/h1-2,5-6H,3-4,7-12,17H2,(H,18,19,20);2*1H. The maximum atomic E-state index is 12.3. The summed E-state index contributed by atoms with van der Waals surface area (Å²) < 4.78 is 26.2. The van der Waals surface area contributed by atoms with Crippen molar-refractivity contribution in [1.82, 2.24) is 14.3 Å². The van der Waals surface area contributed by atoms with Gasteiger partial charge >= 0.3 is 0 Å². The van der Waals surface area contributed by atoms with Gasteiger partial charge in [-0.2, -0.15) is 0 Å². The minimum atomic E-state index is -3.20. The lowest BCUT2D eigenvalue weighted by Gasteiger charge is -2.16. The number of fused-ring (bicyclic) bond motifs is 1. The molecule has 0 amide bonds. The summed E-state index contributed by atoms with van der Waals surface area (Å²) in [6, 6.07) is 7.69. The molecule has 3 N–H and O–H groups in total. The van der Waals surface area contributed by atoms with Gasteiger partial charge in [-0.15, -0.1) is 24.8 Å². The van der Waals surface area contributed by atoms with Gasteiger partial charge in [0.1, 0.15) is 11.6 Å². The molecule has 1 saturated heterocycles. The van der Waals surface area contributed by atoms with Gasteiger partial charge in [-0.3, -0.25) is 0 Å². The van der Waals surface area contributed by atoms with Crippen molar-refractivity contribution in [2.45, 2.75) is 19.3 Å². The highest BCUT2D eigenvalue weighted by Crippen LogP contribution is 2.20. The number of hydrogen-bond donors (Lipinski definition) is 2. The summed E-state index contributed by atoms with van der Waals surface area (Å²) in [6.45, 7) is 2.07. The number of halogens is 2. The smallest absolute Gasteiger partial charge is 0.215 e. The zero-order valence-electron chi connectivity index (χ0n) is 14.4. The van der Waals surface area contributed by atoms with Crippen LogP contribution in [0.25, 0.3) is 10.9 Å². The Morgan fingerprint density at radius 3 is 2.50 bits per heavy atom. The average Bonchev–Trinajstić information content (AvgIpc) is 3.10. The Morgan fingerprint density at radius 1 is 1.12 bits per heavy atom. The van der Waals surface area contributed by atoms with Crippen molar-refractivity contribution in [2.75, 3.05) is 37.2 Å². The Kier molecular flexibility index (Phi) is 8.99. The van der Waals surface area contributed by atoms with Crippen molar-refractivity contribution in [3.63, 3.8) is 0 Å². The number of nitrogens with two attached hydrogens (primary N) is 1. The van der Waals surface area contributed by atoms with E-state index in [0.29, 0.717) is 44.2 Å². The summed E-state index contributed by atoms with van der Waals surface area (Å²) in [7, 11) is -3.20. The van der Waals surface area contributed by atoms with Gasteiger partial charge in [0.2, 0.25) is 10.0 Å². The number of hydrogen-bond acceptors (Lipinski definition) is 6. The van der Waals surface area contributed by atoms with Crippen LogP contribution < -0.4 is 11.1 Å². The van der Waals surface area contributed by atoms with E-state index in [1.807, 2.05) is 24.3 Å². The van der Waals surface area contributed by atoms with E-state index in [0.717, 1.165) is 23.7 Å². The third kappa shape index (κ3) is 5.40. The maximum Gasteiger partial charge on any atom is 0.215 e. The van der Waals surface area contributed by atoms with Gasteiger partial charge < -0.3 is 11.1 Å². The van der Waals surface area contributed by atoms with E-state index in [-0.39, 0.29) is 30.6 Å². The molecule has 2 heterocycles. The Morgan fingerprint density at radius 2 is 1.81 bits per heavy atom. The first-order valence-electron chi connectivity index (χ1n) is 8.27. The number of benzene rings is 1. The van der Waals surface area contributed by atoms with Crippen LogP contribution >= 0.6 is 24.8 Å². The van der Waals surface area contributed by atoms with Crippen LogP contribution in [0.3, 0.4) is 0 Å². The van der Waals surface area contributed by atoms with Crippen molar-refractivity contribution in [2.24, 2.45) is 5.73 Å². The van der Waals surface area contributed by atoms with Crippen LogP contribution in [0.15, 0.2) is 24.3 Å². The van der Waals surface area contributed by atoms with E-state index in [4.69, 9.17) is 5.73 Å². The van der Waals surface area contributed by atoms with Crippen molar-refractivity contribution in [3.8, 4) is 0 Å². The third-order valence-corrected chi connectivity index (χ3v) is 6.00. The third-order valence-electron chi connectivity index (χ3n) is 4.13. The molecule has 0 radical (unpaired) electrons. The topological polar surface area (TPSA) is 101 Å². The van der Waals surface area contributed by atoms with E-state index >= 15 is 0 Å². The van der Waals surface area contributed by atoms with Crippen LogP contribution in [0.5, 0.6) is 0 Å². The quantitative estimate of drug-likeness (QED) is 0.706. The van der Waals surface area contributed by atoms with Gasteiger partial charge in [0, 0.05) is 31.4 Å². The predicted octanol–water partition coefficient (Wildman–Crippen LogP) is 1.81. The molecular weight excluding hydrogens is 397 g/mol. The minimum Gasteiger partial charge on any atom is -0.368 e. The first-order valence-corrected chi connectivity index (χ1v) is 9.88. The zero-order chi connectivity index (χ0) is 17.0. The molecule has 0 bridgehead atoms. The highest BCUT2D eigenvalue weighted by Gasteiger charge is 2.24. The molecule has 0 atom stereocenters. The van der Waals surface area contributed by atoms with Crippen molar-refractivity contribution in [1.29, 1.82) is 0 Å². The monoisotopic (exact) mass is 421 g/mol. The maximum absolute atomic E-state index is 12.3. The normalized spacial score (nSPS) is 14.7. The highest BCUT2D eigenvalue weighted by atomic mass is 35.5. The van der Waals surface area contributed by atoms with Gasteiger partial charge in [-0.1, -0.05) is 12.1 Å². The van der Waals surface area contributed by atoms with Crippen LogP contribution in [0.4, 0.5) is 5.82 Å². The SMILES string of the molecule is Cl.Cl.NCCc1nc(NCCS(=O)(=O)N2CCCC2)c2ccccc2n1. The second kappa shape index (κ2) is 10.2. The summed E-state index contributed by atoms with van der Waals surface area (Å²) in [4.78, 5) is 8.98. The molecule has 0 aliphatic carbocycles. The Labute approximate surface area is 166 Å². The van der Waals surface area contributed by atoms with E-state index in [2.05, 4.69) is 15.3 Å². The number of aromatic nitrogens is 2. The second-order valence-electron chi connectivity index (χ2n) is 5.89. The molecule has 0 unspecified atom stereocenters. The number of sulfonamides is 1. The molecule has 10 heteroatoms. The number of nitrogens with one attached hydrogen (secondary N) is 1. The summed E-state index contributed by atoms with van der Waals surface area (Å²) >= 11 is 0. The zero-order valence-corrected chi connectivity index (χ0v) is 16.9. The predicted molar refractivity (Wildman–Crippen MR) is 110 cm³/mol. The summed E-state index contributed by atoms with van der Waals surface area (Å²) in [6.07, 6.45) is 2.49. The molecule has 1 aromatic carbocycles. The molecule has 1 aliphatic rings. The van der Waals surface area contributed by atoms with Gasteiger partial charge in [-0.25, -0.2) is 22.7 Å². The molecule has 0 spiro atoms. The second-order valence-corrected chi connectivity index (χ2v) is 7.98. The molecule has 1 fully saturated rings. The Hall–Kier alpha value is -1.19. The molecule has 3 rings (SSSR count). The summed E-state index contributed by atoms with van der Waals surface area (Å²) in [5, 5.41) is 4.05. The fraction of sp³-hybridized carbons (Fsp3) is 0.500. The molecule has 1 aromatic heterocycles. The molecule has 2 aromatic rings. The number of para-hydroxylation sites is 1. The lowest BCUT2D eigenvalue weighted by Crippen LogP contribution is -2.32. The van der Waals surface area contributed by atoms with Crippen molar-refractivity contribution in [3.05, 3.63) is 30.1 Å². The van der Waals surface area contributed by atoms with Crippen LogP contribution in [0.2, 0.25) is 0 Å². The summed E-state index contributed by atoms with van der Waals surface area (Å²) in [5.41, 5.74) is 6.43. The average molecular weight is 422 g/mol. The van der Waals surface area contributed by atoms with E-state index in [9.17, 15) is 8.42 Å². The van der Waals surface area contributed by atoms with Crippen LogP contribution in [-0.2, 0) is 16.4 Å². The van der Waals surface area contributed by atoms with E-state index < -0.39 is 10.0 Å². The number of anilines is 1. The molecule has 26 heavy (non-hydrogen) atoms. The van der Waals surface area contributed by atoms with Crippen LogP contribution in [0.1, 0.15) is 18.7 Å². The molecule has 1 aliphatic heterocycles. The minimum absolute atomic E-state index is 0. The van der Waals surface area contributed by atoms with Crippen molar-refractivity contribution < 1.29 is 8.42 Å². The van der Waals surface area contributed by atoms with E-state index in [1.165, 1.54) is 0 Å². The van der Waals surface area contributed by atoms with Gasteiger partial charge in [0.05, 0.1) is 11.3 Å². The molecular formula is C16H25Cl2N5O2S. The van der Waals surface area contributed by atoms with Crippen LogP contribution in [0, 0.1) is 0 Å².